The number of esters is 1. The molecule has 0 saturated heterocycles. The van der Waals surface area contributed by atoms with E-state index in [0.29, 0.717) is 28.1 Å². The molecule has 10 nitrogen and oxygen atoms in total. The number of ketones is 1. The van der Waals surface area contributed by atoms with E-state index in [4.69, 9.17) is 21.1 Å². The van der Waals surface area contributed by atoms with Gasteiger partial charge in [-0.15, -0.1) is 0 Å². The number of nitrogens with one attached hydrogen (secondary N) is 1. The zero-order valence-corrected chi connectivity index (χ0v) is 25.7. The van der Waals surface area contributed by atoms with Crippen LogP contribution in [0.2, 0.25) is 5.02 Å². The van der Waals surface area contributed by atoms with E-state index in [-0.39, 0.29) is 41.4 Å². The lowest BCUT2D eigenvalue weighted by molar-refractivity contribution is -0.137. The molecule has 1 aromatic heterocycles. The number of aromatic nitrogens is 2. The van der Waals surface area contributed by atoms with Gasteiger partial charge in [0.15, 0.2) is 11.6 Å². The summed E-state index contributed by atoms with van der Waals surface area (Å²) in [6.07, 6.45) is 0. The lowest BCUT2D eigenvalue weighted by Crippen LogP contribution is -2.44. The molecule has 0 aliphatic rings. The number of hydrogen-bond acceptors (Lipinski definition) is 7. The zero-order valence-electron chi connectivity index (χ0n) is 24.9. The maximum atomic E-state index is 15.6. The highest BCUT2D eigenvalue weighted by Gasteiger charge is 2.24. The average molecular weight is 623 g/mol. The van der Waals surface area contributed by atoms with Gasteiger partial charge in [-0.1, -0.05) is 35.9 Å². The Hall–Kier alpha value is -4.61. The summed E-state index contributed by atoms with van der Waals surface area (Å²) >= 11 is 6.42. The SMILES string of the molecule is COCc1ccc(-c2cccc(NC(=O)CN(C(=O)Cn3nc(C(C)=O)c4cc(C(=O)OC)ccc43)C(C)C)c2F)c(Cl)c1. The number of halogens is 2. The fourth-order valence-electron chi connectivity index (χ4n) is 4.80. The van der Waals surface area contributed by atoms with Gasteiger partial charge >= 0.3 is 5.97 Å². The van der Waals surface area contributed by atoms with Gasteiger partial charge in [0, 0.05) is 41.6 Å². The second kappa shape index (κ2) is 13.8. The number of nitrogens with zero attached hydrogens (tertiary/aromatic N) is 3. The quantitative estimate of drug-likeness (QED) is 0.173. The third kappa shape index (κ3) is 6.95. The summed E-state index contributed by atoms with van der Waals surface area (Å²) in [6, 6.07) is 13.9. The van der Waals surface area contributed by atoms with Crippen LogP contribution in [0.4, 0.5) is 10.1 Å². The molecule has 4 rings (SSSR count). The van der Waals surface area contributed by atoms with Gasteiger partial charge in [0.05, 0.1) is 30.5 Å². The first-order valence-corrected chi connectivity index (χ1v) is 14.1. The Morgan fingerprint density at radius 3 is 2.43 bits per heavy atom. The van der Waals surface area contributed by atoms with Crippen molar-refractivity contribution in [2.24, 2.45) is 0 Å². The minimum atomic E-state index is -0.671. The normalized spacial score (nSPS) is 11.1. The molecule has 0 aliphatic heterocycles. The molecule has 1 N–H and O–H groups in total. The standard InChI is InChI=1S/C32H32ClFN4O6/c1-18(2)37(29(41)16-38-27-12-10-21(32(42)44-5)14-24(27)31(36-38)19(3)39)15-28(40)35-26-8-6-7-23(30(26)34)22-11-9-20(17-43-4)13-25(22)33/h6-14,18H,15-17H2,1-5H3,(H,35,40). The Bertz CT molecular complexity index is 1750. The lowest BCUT2D eigenvalue weighted by atomic mass is 10.0. The predicted molar refractivity (Wildman–Crippen MR) is 164 cm³/mol. The molecular formula is C32H32ClFN4O6. The monoisotopic (exact) mass is 622 g/mol. The molecule has 44 heavy (non-hydrogen) atoms. The van der Waals surface area contributed by atoms with Crippen molar-refractivity contribution in [2.45, 2.75) is 40.0 Å². The number of amides is 2. The number of rotatable bonds is 11. The van der Waals surface area contributed by atoms with E-state index in [0.717, 1.165) is 5.56 Å². The number of Topliss-reactive ketones (excluding diaryl/α,β-unsaturated/α-hetero) is 1. The summed E-state index contributed by atoms with van der Waals surface area (Å²) < 4.78 is 26.8. The fraction of sp³-hybridized carbons (Fsp3) is 0.281. The Kier molecular flexibility index (Phi) is 10.1. The van der Waals surface area contributed by atoms with E-state index in [1.54, 1.807) is 57.4 Å². The number of anilines is 1. The van der Waals surface area contributed by atoms with Gasteiger partial charge in [-0.2, -0.15) is 5.10 Å². The predicted octanol–water partition coefficient (Wildman–Crippen LogP) is 5.51. The molecule has 3 aromatic carbocycles. The minimum absolute atomic E-state index is 0.0636. The number of ether oxygens (including phenoxy) is 2. The van der Waals surface area contributed by atoms with Crippen LogP contribution in [-0.2, 0) is 32.2 Å². The second-order valence-electron chi connectivity index (χ2n) is 10.4. The molecular weight excluding hydrogens is 591 g/mol. The van der Waals surface area contributed by atoms with Gasteiger partial charge in [0.25, 0.3) is 0 Å². The van der Waals surface area contributed by atoms with Gasteiger partial charge < -0.3 is 19.7 Å². The van der Waals surface area contributed by atoms with Crippen molar-refractivity contribution in [3.05, 3.63) is 82.3 Å². The van der Waals surface area contributed by atoms with Crippen LogP contribution in [0, 0.1) is 5.82 Å². The molecule has 1 heterocycles. The number of methoxy groups -OCH3 is 2. The summed E-state index contributed by atoms with van der Waals surface area (Å²) in [6.45, 7) is 4.53. The molecule has 0 spiro atoms. The average Bonchev–Trinajstić information content (AvgIpc) is 3.34. The molecule has 0 atom stereocenters. The molecule has 0 radical (unpaired) electrons. The van der Waals surface area contributed by atoms with Crippen LogP contribution in [0.3, 0.4) is 0 Å². The highest BCUT2D eigenvalue weighted by atomic mass is 35.5. The fourth-order valence-corrected chi connectivity index (χ4v) is 5.10. The number of benzene rings is 3. The first-order chi connectivity index (χ1) is 20.9. The summed E-state index contributed by atoms with van der Waals surface area (Å²) in [4.78, 5) is 52.1. The van der Waals surface area contributed by atoms with Crippen molar-refractivity contribution >= 4 is 51.8 Å². The molecule has 0 fully saturated rings. The van der Waals surface area contributed by atoms with Crippen molar-refractivity contribution in [1.29, 1.82) is 0 Å². The first-order valence-electron chi connectivity index (χ1n) is 13.7. The molecule has 230 valence electrons. The Labute approximate surface area is 258 Å². The van der Waals surface area contributed by atoms with E-state index < -0.39 is 29.6 Å². The summed E-state index contributed by atoms with van der Waals surface area (Å²) in [5.74, 6) is -2.66. The van der Waals surface area contributed by atoms with Gasteiger partial charge in [-0.3, -0.25) is 19.1 Å². The van der Waals surface area contributed by atoms with Crippen molar-refractivity contribution < 1.29 is 33.0 Å². The third-order valence-electron chi connectivity index (χ3n) is 6.96. The van der Waals surface area contributed by atoms with E-state index in [1.165, 1.54) is 41.8 Å². The Morgan fingerprint density at radius 1 is 1.05 bits per heavy atom. The minimum Gasteiger partial charge on any atom is -0.465 e. The van der Waals surface area contributed by atoms with E-state index in [1.807, 2.05) is 0 Å². The topological polar surface area (TPSA) is 120 Å². The van der Waals surface area contributed by atoms with Crippen LogP contribution >= 0.6 is 11.6 Å². The smallest absolute Gasteiger partial charge is 0.337 e. The number of hydrogen-bond donors (Lipinski definition) is 1. The molecule has 12 heteroatoms. The largest absolute Gasteiger partial charge is 0.465 e. The number of carbonyl (C=O) groups is 4. The van der Waals surface area contributed by atoms with E-state index >= 15 is 4.39 Å². The Balaban J connectivity index is 1.54. The van der Waals surface area contributed by atoms with Crippen molar-refractivity contribution in [3.8, 4) is 11.1 Å². The summed E-state index contributed by atoms with van der Waals surface area (Å²) in [5.41, 5.74) is 2.20. The molecule has 4 aromatic rings. The maximum Gasteiger partial charge on any atom is 0.337 e. The van der Waals surface area contributed by atoms with Gasteiger partial charge in [-0.25, -0.2) is 9.18 Å². The van der Waals surface area contributed by atoms with Crippen molar-refractivity contribution in [1.82, 2.24) is 14.7 Å². The second-order valence-corrected chi connectivity index (χ2v) is 10.8. The van der Waals surface area contributed by atoms with Crippen LogP contribution < -0.4 is 5.32 Å². The summed E-state index contributed by atoms with van der Waals surface area (Å²) in [7, 11) is 2.81. The highest BCUT2D eigenvalue weighted by molar-refractivity contribution is 6.33. The van der Waals surface area contributed by atoms with E-state index in [9.17, 15) is 19.2 Å². The van der Waals surface area contributed by atoms with Crippen LogP contribution in [0.15, 0.2) is 54.6 Å². The van der Waals surface area contributed by atoms with Crippen molar-refractivity contribution in [3.63, 3.8) is 0 Å². The third-order valence-corrected chi connectivity index (χ3v) is 7.27. The number of carbonyl (C=O) groups excluding carboxylic acids is 4. The Morgan fingerprint density at radius 2 is 1.80 bits per heavy atom. The van der Waals surface area contributed by atoms with Gasteiger partial charge in [0.1, 0.15) is 18.8 Å². The molecule has 0 aliphatic carbocycles. The number of fused-ring (bicyclic) bond motifs is 1. The van der Waals surface area contributed by atoms with Crippen LogP contribution in [0.1, 0.15) is 47.2 Å². The lowest BCUT2D eigenvalue weighted by Gasteiger charge is -2.26. The first kappa shape index (κ1) is 32.3. The highest BCUT2D eigenvalue weighted by Crippen LogP contribution is 2.33. The molecule has 0 saturated carbocycles. The molecule has 0 unspecified atom stereocenters. The van der Waals surface area contributed by atoms with Crippen LogP contribution in [-0.4, -0.2) is 65.1 Å². The van der Waals surface area contributed by atoms with Gasteiger partial charge in [-0.05, 0) is 49.7 Å². The zero-order chi connectivity index (χ0) is 32.1. The summed E-state index contributed by atoms with van der Waals surface area (Å²) in [5, 5.41) is 7.61. The maximum absolute atomic E-state index is 15.6. The van der Waals surface area contributed by atoms with Gasteiger partial charge in [0.2, 0.25) is 11.8 Å². The van der Waals surface area contributed by atoms with Crippen molar-refractivity contribution in [2.75, 3.05) is 26.1 Å². The molecule has 2 amide bonds. The van der Waals surface area contributed by atoms with E-state index in [2.05, 4.69) is 10.4 Å². The van der Waals surface area contributed by atoms with Crippen LogP contribution in [0.25, 0.3) is 22.0 Å². The molecule has 0 bridgehead atoms. The van der Waals surface area contributed by atoms with Crippen LogP contribution in [0.5, 0.6) is 0 Å².